The number of imidazole rings is 1. The molecule has 2 aliphatic rings. The van der Waals surface area contributed by atoms with E-state index in [1.165, 1.54) is 0 Å². The van der Waals surface area contributed by atoms with E-state index in [1.54, 1.807) is 4.40 Å². The Morgan fingerprint density at radius 3 is 2.76 bits per heavy atom. The fourth-order valence-corrected chi connectivity index (χ4v) is 4.40. The number of nitrogens with one attached hydrogen (secondary N) is 1. The lowest BCUT2D eigenvalue weighted by molar-refractivity contribution is 0.705. The molecule has 1 saturated carbocycles. The molecule has 21 heavy (non-hydrogen) atoms. The quantitative estimate of drug-likeness (QED) is 0.685. The minimum absolute atomic E-state index is 0.0728. The van der Waals surface area contributed by atoms with Crippen LogP contribution in [0.5, 0.6) is 0 Å². The second-order valence-corrected chi connectivity index (χ2v) is 6.15. The predicted molar refractivity (Wildman–Crippen MR) is 79.6 cm³/mol. The van der Waals surface area contributed by atoms with Crippen LogP contribution in [0.25, 0.3) is 16.7 Å². The van der Waals surface area contributed by atoms with Crippen molar-refractivity contribution < 1.29 is 0 Å². The Labute approximate surface area is 120 Å². The Morgan fingerprint density at radius 2 is 1.95 bits per heavy atom. The maximum Gasteiger partial charge on any atom is 0.260 e. The van der Waals surface area contributed by atoms with Gasteiger partial charge in [-0.05, 0) is 48.8 Å². The smallest absolute Gasteiger partial charge is 0.260 e. The number of hydrogen-bond donors (Lipinski definition) is 1. The first-order valence-electron chi connectivity index (χ1n) is 7.39. The molecule has 4 heteroatoms. The van der Waals surface area contributed by atoms with E-state index < -0.39 is 0 Å². The molecule has 2 heterocycles. The Hall–Kier alpha value is -2.54. The van der Waals surface area contributed by atoms with Crippen LogP contribution in [-0.2, 0) is 0 Å². The van der Waals surface area contributed by atoms with Crippen molar-refractivity contribution in [3.8, 4) is 6.07 Å². The largest absolute Gasteiger partial charge is 0.338 e. The van der Waals surface area contributed by atoms with Gasteiger partial charge in [0, 0.05) is 5.56 Å². The highest BCUT2D eigenvalue weighted by molar-refractivity contribution is 5.83. The van der Waals surface area contributed by atoms with Gasteiger partial charge in [0.15, 0.2) is 0 Å². The number of hydrogen-bond acceptors (Lipinski definition) is 2. The van der Waals surface area contributed by atoms with E-state index in [0.29, 0.717) is 23.0 Å². The standard InChI is InChI=1S/C17H13N3O/c18-8-11-14-9-5-6-10(7-9)15(14)17(21)20-13-4-2-1-3-12(13)19-16(11)20/h1-4,9-10,19H,5-7H2. The Balaban J connectivity index is 2.08. The number of nitriles is 1. The number of rotatable bonds is 0. The summed E-state index contributed by atoms with van der Waals surface area (Å²) in [5.74, 6) is 0.763. The normalized spacial score (nSPS) is 22.8. The Morgan fingerprint density at radius 1 is 1.19 bits per heavy atom. The van der Waals surface area contributed by atoms with Crippen LogP contribution in [-0.4, -0.2) is 9.38 Å². The highest BCUT2D eigenvalue weighted by atomic mass is 16.1. The molecule has 2 aromatic heterocycles. The van der Waals surface area contributed by atoms with Gasteiger partial charge in [-0.15, -0.1) is 0 Å². The Bertz CT molecular complexity index is 1020. The number of para-hydroxylation sites is 2. The van der Waals surface area contributed by atoms with Gasteiger partial charge < -0.3 is 4.98 Å². The van der Waals surface area contributed by atoms with Crippen LogP contribution < -0.4 is 5.56 Å². The lowest BCUT2D eigenvalue weighted by atomic mass is 9.90. The summed E-state index contributed by atoms with van der Waals surface area (Å²) < 4.78 is 1.70. The SMILES string of the molecule is N#Cc1c2c(c(=O)n3c1[nH]c1ccccc13)C1CCC2C1. The number of pyridine rings is 1. The molecule has 0 amide bonds. The van der Waals surface area contributed by atoms with Gasteiger partial charge in [0.05, 0.1) is 16.6 Å². The minimum Gasteiger partial charge on any atom is -0.338 e. The number of fused-ring (bicyclic) bond motifs is 8. The van der Waals surface area contributed by atoms with E-state index in [4.69, 9.17) is 0 Å². The number of aromatic nitrogens is 2. The van der Waals surface area contributed by atoms with Crippen LogP contribution >= 0.6 is 0 Å². The molecule has 4 nitrogen and oxygen atoms in total. The third-order valence-electron chi connectivity index (χ3n) is 5.21. The van der Waals surface area contributed by atoms with Crippen molar-refractivity contribution in [2.75, 3.05) is 0 Å². The van der Waals surface area contributed by atoms with Gasteiger partial charge in [-0.1, -0.05) is 12.1 Å². The maximum atomic E-state index is 13.0. The van der Waals surface area contributed by atoms with Gasteiger partial charge in [-0.3, -0.25) is 9.20 Å². The zero-order valence-electron chi connectivity index (χ0n) is 11.4. The van der Waals surface area contributed by atoms with Crippen LogP contribution in [0.3, 0.4) is 0 Å². The molecule has 2 atom stereocenters. The van der Waals surface area contributed by atoms with Gasteiger partial charge >= 0.3 is 0 Å². The first kappa shape index (κ1) is 11.2. The van der Waals surface area contributed by atoms with Crippen molar-refractivity contribution in [1.82, 2.24) is 9.38 Å². The third kappa shape index (κ3) is 1.18. The zero-order valence-corrected chi connectivity index (χ0v) is 11.4. The first-order chi connectivity index (χ1) is 10.3. The average molecular weight is 275 g/mol. The molecule has 2 unspecified atom stereocenters. The molecule has 3 aromatic rings. The van der Waals surface area contributed by atoms with Gasteiger partial charge in [0.1, 0.15) is 11.7 Å². The molecule has 2 aliphatic carbocycles. The topological polar surface area (TPSA) is 61.1 Å². The summed E-state index contributed by atoms with van der Waals surface area (Å²) in [6.07, 6.45) is 3.25. The summed E-state index contributed by atoms with van der Waals surface area (Å²) >= 11 is 0. The van der Waals surface area contributed by atoms with Crippen molar-refractivity contribution in [2.45, 2.75) is 31.1 Å². The monoisotopic (exact) mass is 275 g/mol. The van der Waals surface area contributed by atoms with Crippen LogP contribution in [0.15, 0.2) is 29.1 Å². The Kier molecular flexibility index (Phi) is 1.89. The van der Waals surface area contributed by atoms with E-state index >= 15 is 0 Å². The van der Waals surface area contributed by atoms with Crippen LogP contribution in [0.4, 0.5) is 0 Å². The molecular formula is C17H13N3O. The van der Waals surface area contributed by atoms with E-state index in [9.17, 15) is 10.1 Å². The van der Waals surface area contributed by atoms with Crippen LogP contribution in [0.1, 0.15) is 47.8 Å². The molecule has 1 aromatic carbocycles. The summed E-state index contributed by atoms with van der Waals surface area (Å²) in [6.45, 7) is 0. The lowest BCUT2D eigenvalue weighted by Crippen LogP contribution is -2.22. The van der Waals surface area contributed by atoms with Gasteiger partial charge in [-0.25, -0.2) is 0 Å². The second-order valence-electron chi connectivity index (χ2n) is 6.15. The summed E-state index contributed by atoms with van der Waals surface area (Å²) in [5, 5.41) is 9.66. The fraction of sp³-hybridized carbons (Fsp3) is 0.294. The van der Waals surface area contributed by atoms with Crippen molar-refractivity contribution in [3.63, 3.8) is 0 Å². The molecule has 0 radical (unpaired) electrons. The predicted octanol–water partition coefficient (Wildman–Crippen LogP) is 3.02. The highest BCUT2D eigenvalue weighted by Gasteiger charge is 2.42. The van der Waals surface area contributed by atoms with Crippen molar-refractivity contribution in [3.05, 3.63) is 51.3 Å². The number of aromatic amines is 1. The molecule has 1 fully saturated rings. The molecule has 2 bridgehead atoms. The summed E-state index contributed by atoms with van der Waals surface area (Å²) in [5.41, 5.74) is 5.11. The second kappa shape index (κ2) is 3.56. The van der Waals surface area contributed by atoms with Crippen LogP contribution in [0, 0.1) is 11.3 Å². The summed E-state index contributed by atoms with van der Waals surface area (Å²) in [7, 11) is 0. The number of benzene rings is 1. The summed E-state index contributed by atoms with van der Waals surface area (Å²) in [4.78, 5) is 16.3. The molecule has 0 aliphatic heterocycles. The van der Waals surface area contributed by atoms with Crippen molar-refractivity contribution in [1.29, 1.82) is 5.26 Å². The summed E-state index contributed by atoms with van der Waals surface area (Å²) in [6, 6.07) is 10.1. The van der Waals surface area contributed by atoms with Crippen molar-refractivity contribution >= 4 is 16.7 Å². The molecule has 0 spiro atoms. The van der Waals surface area contributed by atoms with Gasteiger partial charge in [0.2, 0.25) is 0 Å². The molecule has 5 rings (SSSR count). The fourth-order valence-electron chi connectivity index (χ4n) is 4.40. The van der Waals surface area contributed by atoms with E-state index in [0.717, 1.165) is 41.4 Å². The third-order valence-corrected chi connectivity index (χ3v) is 5.21. The molecule has 102 valence electrons. The minimum atomic E-state index is 0.0728. The molecule has 0 saturated heterocycles. The van der Waals surface area contributed by atoms with Crippen molar-refractivity contribution in [2.24, 2.45) is 0 Å². The van der Waals surface area contributed by atoms with Gasteiger partial charge in [-0.2, -0.15) is 5.26 Å². The molecule has 1 N–H and O–H groups in total. The highest BCUT2D eigenvalue weighted by Crippen LogP contribution is 2.53. The van der Waals surface area contributed by atoms with E-state index in [2.05, 4.69) is 11.1 Å². The van der Waals surface area contributed by atoms with Crippen LogP contribution in [0.2, 0.25) is 0 Å². The van der Waals surface area contributed by atoms with E-state index in [1.807, 2.05) is 24.3 Å². The molecular weight excluding hydrogens is 262 g/mol. The number of nitrogens with zero attached hydrogens (tertiary/aromatic N) is 2. The van der Waals surface area contributed by atoms with Gasteiger partial charge in [0.25, 0.3) is 5.56 Å². The number of H-pyrrole nitrogens is 1. The first-order valence-corrected chi connectivity index (χ1v) is 7.39. The average Bonchev–Trinajstić information content (AvgIpc) is 3.20. The maximum absolute atomic E-state index is 13.0. The zero-order chi connectivity index (χ0) is 14.1. The van der Waals surface area contributed by atoms with E-state index in [-0.39, 0.29) is 5.56 Å². The lowest BCUT2D eigenvalue weighted by Gasteiger charge is -2.16.